The molecule has 2 aliphatic rings. The molecule has 6 heteroatoms. The van der Waals surface area contributed by atoms with Gasteiger partial charge >= 0.3 is 5.97 Å². The van der Waals surface area contributed by atoms with E-state index in [1.54, 1.807) is 35.2 Å². The highest BCUT2D eigenvalue weighted by Gasteiger charge is 2.50. The smallest absolute Gasteiger partial charge is 0.337 e. The number of rotatable bonds is 4. The van der Waals surface area contributed by atoms with Gasteiger partial charge in [0.1, 0.15) is 0 Å². The quantitative estimate of drug-likeness (QED) is 0.780. The second-order valence-electron chi connectivity index (χ2n) is 6.49. The first-order chi connectivity index (χ1) is 12.1. The van der Waals surface area contributed by atoms with Gasteiger partial charge in [-0.3, -0.25) is 0 Å². The van der Waals surface area contributed by atoms with E-state index in [1.807, 2.05) is 18.4 Å². The summed E-state index contributed by atoms with van der Waals surface area (Å²) in [7, 11) is 1.98. The number of aliphatic hydroxyl groups excluding tert-OH is 1. The van der Waals surface area contributed by atoms with E-state index in [1.165, 1.54) is 18.4 Å². The fraction of sp³-hybridized carbons (Fsp3) is 0.421. The molecule has 0 saturated heterocycles. The number of fused-ring (bicyclic) bond motifs is 2. The van der Waals surface area contributed by atoms with Gasteiger partial charge in [-0.15, -0.1) is 11.3 Å². The van der Waals surface area contributed by atoms with Gasteiger partial charge in [0, 0.05) is 16.8 Å². The Hall–Kier alpha value is -1.73. The summed E-state index contributed by atoms with van der Waals surface area (Å²) in [5, 5.41) is 22.8. The third kappa shape index (κ3) is 3.93. The number of aliphatic hydroxyl groups is 1. The molecule has 25 heavy (non-hydrogen) atoms. The van der Waals surface area contributed by atoms with E-state index in [9.17, 15) is 4.79 Å². The Balaban J connectivity index is 0.000000151. The zero-order chi connectivity index (χ0) is 17.9. The fourth-order valence-electron chi connectivity index (χ4n) is 3.07. The Morgan fingerprint density at radius 3 is 2.68 bits per heavy atom. The van der Waals surface area contributed by atoms with Crippen LogP contribution in [0.1, 0.15) is 41.1 Å². The van der Waals surface area contributed by atoms with Gasteiger partial charge in [0.2, 0.25) is 0 Å². The lowest BCUT2D eigenvalue weighted by Gasteiger charge is -2.29. The minimum absolute atomic E-state index is 0.285. The van der Waals surface area contributed by atoms with Crippen LogP contribution in [0.4, 0.5) is 0 Å². The third-order valence-electron chi connectivity index (χ3n) is 4.68. The van der Waals surface area contributed by atoms with E-state index in [4.69, 9.17) is 14.9 Å². The van der Waals surface area contributed by atoms with Gasteiger partial charge in [0.05, 0.1) is 12.7 Å². The summed E-state index contributed by atoms with van der Waals surface area (Å²) in [6, 6.07) is 10.5. The summed E-state index contributed by atoms with van der Waals surface area (Å²) in [5.74, 6) is -1.23. The zero-order valence-corrected chi connectivity index (χ0v) is 15.0. The topological polar surface area (TPSA) is 78.8 Å². The number of hydrogen-bond donors (Lipinski definition) is 3. The Morgan fingerprint density at radius 2 is 2.08 bits per heavy atom. The number of hydrogen-bond acceptors (Lipinski definition) is 5. The monoisotopic (exact) mass is 361 g/mol. The van der Waals surface area contributed by atoms with E-state index in [-0.39, 0.29) is 6.10 Å². The fourth-order valence-corrected chi connectivity index (χ4v) is 4.27. The van der Waals surface area contributed by atoms with Crippen molar-refractivity contribution in [3.63, 3.8) is 0 Å². The van der Waals surface area contributed by atoms with Gasteiger partial charge in [0.25, 0.3) is 0 Å². The van der Waals surface area contributed by atoms with Crippen LogP contribution in [0.5, 0.6) is 0 Å². The Bertz CT molecular complexity index is 711. The lowest BCUT2D eigenvalue weighted by Crippen LogP contribution is -2.29. The summed E-state index contributed by atoms with van der Waals surface area (Å²) in [4.78, 5) is 11.9. The maximum Gasteiger partial charge on any atom is 0.337 e. The maximum absolute atomic E-state index is 10.2. The van der Waals surface area contributed by atoms with E-state index < -0.39 is 12.1 Å². The van der Waals surface area contributed by atoms with E-state index in [2.05, 4.69) is 16.8 Å². The van der Waals surface area contributed by atoms with Gasteiger partial charge in [-0.05, 0) is 42.5 Å². The standard InChI is InChI=1S/C11H15NOS.C8H8O3/c1-12-6-9-8-2-5-14-10(8)11(3-4-11)7-13-9;9-7(8(10)11)6-4-2-1-3-5-6/h2,5,9,12H,3-4,6-7H2,1H3;1-5,7,9H,(H,10,11)/t9-;7-/m00/s1. The summed E-state index contributed by atoms with van der Waals surface area (Å²) >= 11 is 1.92. The number of thiophene rings is 1. The van der Waals surface area contributed by atoms with Crippen molar-refractivity contribution >= 4 is 17.3 Å². The average Bonchev–Trinajstić information content (AvgIpc) is 3.22. The molecule has 5 nitrogen and oxygen atoms in total. The number of nitrogens with one attached hydrogen (secondary N) is 1. The summed E-state index contributed by atoms with van der Waals surface area (Å²) in [5.41, 5.74) is 2.28. The minimum atomic E-state index is -1.41. The van der Waals surface area contributed by atoms with Gasteiger partial charge in [-0.2, -0.15) is 0 Å². The van der Waals surface area contributed by atoms with Crippen molar-refractivity contribution in [1.82, 2.24) is 5.32 Å². The molecule has 1 aromatic carbocycles. The van der Waals surface area contributed by atoms with Crippen LogP contribution >= 0.6 is 11.3 Å². The maximum atomic E-state index is 10.2. The molecule has 1 fully saturated rings. The molecule has 1 aromatic heterocycles. The third-order valence-corrected chi connectivity index (χ3v) is 5.85. The Kier molecular flexibility index (Phi) is 5.54. The molecule has 1 aliphatic carbocycles. The zero-order valence-electron chi connectivity index (χ0n) is 14.1. The first-order valence-corrected chi connectivity index (χ1v) is 9.25. The highest BCUT2D eigenvalue weighted by Crippen LogP contribution is 2.55. The van der Waals surface area contributed by atoms with Crippen molar-refractivity contribution < 1.29 is 19.7 Å². The van der Waals surface area contributed by atoms with Crippen LogP contribution in [-0.2, 0) is 14.9 Å². The van der Waals surface area contributed by atoms with Gasteiger partial charge in [0.15, 0.2) is 6.10 Å². The molecule has 0 radical (unpaired) electrons. The number of carboxylic acids is 1. The van der Waals surface area contributed by atoms with Crippen LogP contribution in [0.3, 0.4) is 0 Å². The van der Waals surface area contributed by atoms with Gasteiger partial charge < -0.3 is 20.3 Å². The van der Waals surface area contributed by atoms with Crippen LogP contribution < -0.4 is 5.32 Å². The van der Waals surface area contributed by atoms with Crippen molar-refractivity contribution in [1.29, 1.82) is 0 Å². The summed E-state index contributed by atoms with van der Waals surface area (Å²) in [6.07, 6.45) is 1.53. The molecule has 134 valence electrons. The van der Waals surface area contributed by atoms with Gasteiger partial charge in [-0.25, -0.2) is 4.79 Å². The molecule has 1 spiro atoms. The van der Waals surface area contributed by atoms with E-state index >= 15 is 0 Å². The average molecular weight is 361 g/mol. The summed E-state index contributed by atoms with van der Waals surface area (Å²) < 4.78 is 5.93. The molecule has 3 N–H and O–H groups in total. The molecule has 4 rings (SSSR count). The van der Waals surface area contributed by atoms with E-state index in [0.717, 1.165) is 13.2 Å². The largest absolute Gasteiger partial charge is 0.479 e. The first-order valence-electron chi connectivity index (χ1n) is 8.37. The molecule has 2 atom stereocenters. The second kappa shape index (κ2) is 7.66. The molecule has 0 unspecified atom stereocenters. The van der Waals surface area contributed by atoms with Crippen LogP contribution in [-0.4, -0.2) is 36.4 Å². The number of ether oxygens (including phenoxy) is 1. The van der Waals surface area contributed by atoms with Crippen molar-refractivity contribution in [3.05, 3.63) is 57.8 Å². The van der Waals surface area contributed by atoms with E-state index in [0.29, 0.717) is 11.0 Å². The molecular weight excluding hydrogens is 338 g/mol. The normalized spacial score (nSPS) is 21.0. The number of carbonyl (C=O) groups is 1. The number of benzene rings is 1. The Labute approximate surface area is 151 Å². The number of aliphatic carboxylic acids is 1. The lowest BCUT2D eigenvalue weighted by molar-refractivity contribution is -0.146. The Morgan fingerprint density at radius 1 is 1.36 bits per heavy atom. The molecular formula is C19H23NO4S. The van der Waals surface area contributed by atoms with Crippen LogP contribution in [0, 0.1) is 0 Å². The minimum Gasteiger partial charge on any atom is -0.479 e. The predicted molar refractivity (Wildman–Crippen MR) is 96.9 cm³/mol. The molecule has 1 aliphatic heterocycles. The van der Waals surface area contributed by atoms with Crippen LogP contribution in [0.15, 0.2) is 41.8 Å². The molecule has 2 aromatic rings. The number of likely N-dealkylation sites (N-methyl/N-ethyl adjacent to an activating group) is 1. The van der Waals surface area contributed by atoms with Crippen molar-refractivity contribution in [2.24, 2.45) is 0 Å². The second-order valence-corrected chi connectivity index (χ2v) is 7.41. The molecule has 0 amide bonds. The molecule has 0 bridgehead atoms. The van der Waals surface area contributed by atoms with Crippen molar-refractivity contribution in [2.45, 2.75) is 30.5 Å². The van der Waals surface area contributed by atoms with Gasteiger partial charge in [-0.1, -0.05) is 30.3 Å². The predicted octanol–water partition coefficient (Wildman–Crippen LogP) is 2.88. The highest BCUT2D eigenvalue weighted by atomic mass is 32.1. The van der Waals surface area contributed by atoms with Crippen LogP contribution in [0.25, 0.3) is 0 Å². The SMILES string of the molecule is CNC[C@@H]1OCC2(CC2)c2sccc21.O=C(O)[C@@H](O)c1ccccc1. The number of carboxylic acid groups (broad SMARTS) is 1. The summed E-state index contributed by atoms with van der Waals surface area (Å²) in [6.45, 7) is 1.87. The van der Waals surface area contributed by atoms with Crippen molar-refractivity contribution in [3.8, 4) is 0 Å². The lowest BCUT2D eigenvalue weighted by atomic mass is 9.96. The van der Waals surface area contributed by atoms with Crippen LogP contribution in [0.2, 0.25) is 0 Å². The van der Waals surface area contributed by atoms with Crippen molar-refractivity contribution in [2.75, 3.05) is 20.2 Å². The molecule has 2 heterocycles. The highest BCUT2D eigenvalue weighted by molar-refractivity contribution is 7.10. The first kappa shape index (κ1) is 18.1. The molecule has 1 saturated carbocycles.